The first-order valence-electron chi connectivity index (χ1n) is 4.66. The molecule has 0 aliphatic heterocycles. The van der Waals surface area contributed by atoms with Gasteiger partial charge < -0.3 is 15.6 Å². The van der Waals surface area contributed by atoms with Crippen molar-refractivity contribution in [1.29, 1.82) is 0 Å². The van der Waals surface area contributed by atoms with Crippen LogP contribution in [0.25, 0.3) is 0 Å². The third kappa shape index (κ3) is 2.97. The number of rotatable bonds is 5. The molecule has 0 heterocycles. The summed E-state index contributed by atoms with van der Waals surface area (Å²) >= 11 is 0. The largest absolute Gasteiger partial charge is 0.480 e. The van der Waals surface area contributed by atoms with Gasteiger partial charge in [-0.25, -0.2) is 0 Å². The highest BCUT2D eigenvalue weighted by Gasteiger charge is 2.28. The lowest BCUT2D eigenvalue weighted by Crippen LogP contribution is -2.46. The van der Waals surface area contributed by atoms with E-state index < -0.39 is 11.5 Å². The number of ether oxygens (including phenoxy) is 1. The molecule has 0 saturated heterocycles. The minimum atomic E-state index is -1.15. The predicted octanol–water partition coefficient (Wildman–Crippen LogP) is 0.748. The highest BCUT2D eigenvalue weighted by molar-refractivity contribution is 5.77. The first kappa shape index (κ1) is 10.5. The van der Waals surface area contributed by atoms with Crippen molar-refractivity contribution >= 4 is 5.97 Å². The fourth-order valence-corrected chi connectivity index (χ4v) is 1.08. The van der Waals surface area contributed by atoms with Gasteiger partial charge in [-0.15, -0.1) is 0 Å². The summed E-state index contributed by atoms with van der Waals surface area (Å²) < 4.78 is 5.42. The van der Waals surface area contributed by atoms with Gasteiger partial charge >= 0.3 is 5.97 Å². The monoisotopic (exact) mass is 187 g/mol. The van der Waals surface area contributed by atoms with Crippen LogP contribution in [0.1, 0.15) is 32.6 Å². The van der Waals surface area contributed by atoms with E-state index in [0.717, 1.165) is 12.8 Å². The van der Waals surface area contributed by atoms with Gasteiger partial charge in [0, 0.05) is 6.61 Å². The molecule has 4 nitrogen and oxygen atoms in total. The van der Waals surface area contributed by atoms with Crippen LogP contribution >= 0.6 is 0 Å². The Morgan fingerprint density at radius 1 is 1.69 bits per heavy atom. The quantitative estimate of drug-likeness (QED) is 0.666. The van der Waals surface area contributed by atoms with Crippen LogP contribution in [0.5, 0.6) is 0 Å². The molecule has 0 aromatic rings. The van der Waals surface area contributed by atoms with E-state index in [-0.39, 0.29) is 0 Å². The molecule has 1 unspecified atom stereocenters. The molecule has 1 saturated carbocycles. The van der Waals surface area contributed by atoms with E-state index >= 15 is 0 Å². The minimum Gasteiger partial charge on any atom is -0.480 e. The van der Waals surface area contributed by atoms with Crippen molar-refractivity contribution in [3.05, 3.63) is 0 Å². The smallest absolute Gasteiger partial charge is 0.323 e. The average Bonchev–Trinajstić information content (AvgIpc) is 1.94. The number of hydrogen-bond donors (Lipinski definition) is 2. The molecule has 1 fully saturated rings. The maximum Gasteiger partial charge on any atom is 0.323 e. The lowest BCUT2D eigenvalue weighted by Gasteiger charge is -2.27. The number of carboxylic acids is 1. The van der Waals surface area contributed by atoms with Crippen molar-refractivity contribution in [2.24, 2.45) is 5.73 Å². The van der Waals surface area contributed by atoms with Gasteiger partial charge in [-0.3, -0.25) is 4.79 Å². The predicted molar refractivity (Wildman–Crippen MR) is 48.4 cm³/mol. The minimum absolute atomic E-state index is 0.351. The summed E-state index contributed by atoms with van der Waals surface area (Å²) in [7, 11) is 0. The summed E-state index contributed by atoms with van der Waals surface area (Å²) in [6, 6.07) is 0. The molecular formula is C9H17NO3. The Kier molecular flexibility index (Phi) is 3.27. The zero-order chi connectivity index (χ0) is 9.90. The zero-order valence-electron chi connectivity index (χ0n) is 7.95. The first-order chi connectivity index (χ1) is 6.02. The van der Waals surface area contributed by atoms with Crippen LogP contribution in [0.15, 0.2) is 0 Å². The fraction of sp³-hybridized carbons (Fsp3) is 0.889. The maximum atomic E-state index is 10.6. The number of aliphatic carboxylic acids is 1. The third-order valence-electron chi connectivity index (χ3n) is 2.52. The molecule has 3 N–H and O–H groups in total. The van der Waals surface area contributed by atoms with E-state index in [9.17, 15) is 4.79 Å². The topological polar surface area (TPSA) is 72.5 Å². The van der Waals surface area contributed by atoms with Crippen molar-refractivity contribution in [3.8, 4) is 0 Å². The van der Waals surface area contributed by atoms with E-state index in [2.05, 4.69) is 0 Å². The molecule has 0 amide bonds. The van der Waals surface area contributed by atoms with E-state index in [1.54, 1.807) is 0 Å². The van der Waals surface area contributed by atoms with Crippen molar-refractivity contribution in [1.82, 2.24) is 0 Å². The van der Waals surface area contributed by atoms with Gasteiger partial charge in [-0.05, 0) is 32.6 Å². The molecule has 4 heteroatoms. The Morgan fingerprint density at radius 3 is 2.69 bits per heavy atom. The number of carboxylic acid groups (broad SMARTS) is 1. The van der Waals surface area contributed by atoms with E-state index in [1.165, 1.54) is 13.3 Å². The Balaban J connectivity index is 2.13. The van der Waals surface area contributed by atoms with E-state index in [1.807, 2.05) is 0 Å². The normalized spacial score (nSPS) is 22.0. The highest BCUT2D eigenvalue weighted by atomic mass is 16.5. The average molecular weight is 187 g/mol. The van der Waals surface area contributed by atoms with Crippen LogP contribution in [0.4, 0.5) is 0 Å². The van der Waals surface area contributed by atoms with Crippen molar-refractivity contribution in [3.63, 3.8) is 0 Å². The molecule has 76 valence electrons. The second kappa shape index (κ2) is 4.07. The first-order valence-corrected chi connectivity index (χ1v) is 4.66. The van der Waals surface area contributed by atoms with Crippen LogP contribution < -0.4 is 5.73 Å². The van der Waals surface area contributed by atoms with Gasteiger partial charge in [0.15, 0.2) is 0 Å². The standard InChI is InChI=1S/C9H17NO3/c1-9(10,8(11)12)5-6-13-7-3-2-4-7/h7H,2-6,10H2,1H3,(H,11,12). The lowest BCUT2D eigenvalue weighted by atomic mass is 9.96. The van der Waals surface area contributed by atoms with Gasteiger partial charge in [0.25, 0.3) is 0 Å². The van der Waals surface area contributed by atoms with E-state index in [4.69, 9.17) is 15.6 Å². The second-order valence-corrected chi connectivity index (χ2v) is 3.90. The van der Waals surface area contributed by atoms with Crippen LogP contribution in [0, 0.1) is 0 Å². The van der Waals surface area contributed by atoms with Crippen LogP contribution in [-0.4, -0.2) is 29.3 Å². The number of hydrogen-bond acceptors (Lipinski definition) is 3. The van der Waals surface area contributed by atoms with Gasteiger partial charge in [0.2, 0.25) is 0 Å². The van der Waals surface area contributed by atoms with Crippen LogP contribution in [0.3, 0.4) is 0 Å². The van der Waals surface area contributed by atoms with Gasteiger partial charge in [0.1, 0.15) is 5.54 Å². The molecule has 0 spiro atoms. The molecule has 0 aromatic heterocycles. The SMILES string of the molecule is CC(N)(CCOC1CCC1)C(=O)O. The molecular weight excluding hydrogens is 170 g/mol. The number of carbonyl (C=O) groups is 1. The number of nitrogens with two attached hydrogens (primary N) is 1. The summed E-state index contributed by atoms with van der Waals surface area (Å²) in [4.78, 5) is 10.6. The summed E-state index contributed by atoms with van der Waals surface area (Å²) in [5.41, 5.74) is 4.38. The molecule has 1 rings (SSSR count). The van der Waals surface area contributed by atoms with Gasteiger partial charge in [-0.1, -0.05) is 0 Å². The lowest BCUT2D eigenvalue weighted by molar-refractivity contribution is -0.143. The Morgan fingerprint density at radius 2 is 2.31 bits per heavy atom. The van der Waals surface area contributed by atoms with E-state index in [0.29, 0.717) is 19.1 Å². The zero-order valence-corrected chi connectivity index (χ0v) is 7.95. The summed E-state index contributed by atoms with van der Waals surface area (Å²) in [5, 5.41) is 8.70. The Labute approximate surface area is 78.1 Å². The molecule has 1 aliphatic rings. The molecule has 0 aromatic carbocycles. The van der Waals surface area contributed by atoms with Crippen molar-refractivity contribution in [2.45, 2.75) is 44.2 Å². The van der Waals surface area contributed by atoms with Crippen molar-refractivity contribution < 1.29 is 14.6 Å². The Hall–Kier alpha value is -0.610. The second-order valence-electron chi connectivity index (χ2n) is 3.90. The molecule has 0 bridgehead atoms. The summed E-state index contributed by atoms with van der Waals surface area (Å²) in [5.74, 6) is -0.968. The Bertz CT molecular complexity index is 187. The highest BCUT2D eigenvalue weighted by Crippen LogP contribution is 2.22. The summed E-state index contributed by atoms with van der Waals surface area (Å²) in [6.07, 6.45) is 4.16. The van der Waals surface area contributed by atoms with Crippen LogP contribution in [-0.2, 0) is 9.53 Å². The molecule has 0 radical (unpaired) electrons. The van der Waals surface area contributed by atoms with Crippen LogP contribution in [0.2, 0.25) is 0 Å². The molecule has 13 heavy (non-hydrogen) atoms. The van der Waals surface area contributed by atoms with Gasteiger partial charge in [0.05, 0.1) is 6.10 Å². The van der Waals surface area contributed by atoms with Crippen molar-refractivity contribution in [2.75, 3.05) is 6.61 Å². The fourth-order valence-electron chi connectivity index (χ4n) is 1.08. The summed E-state index contributed by atoms with van der Waals surface area (Å²) in [6.45, 7) is 1.96. The third-order valence-corrected chi connectivity index (χ3v) is 2.52. The molecule has 1 aliphatic carbocycles. The maximum absolute atomic E-state index is 10.6. The van der Waals surface area contributed by atoms with Gasteiger partial charge in [-0.2, -0.15) is 0 Å². The molecule has 1 atom stereocenters.